The van der Waals surface area contributed by atoms with Gasteiger partial charge in [0.25, 0.3) is 0 Å². The normalized spacial score (nSPS) is 25.4. The molecule has 1 nitrogen and oxygen atoms in total. The molecule has 0 aliphatic heterocycles. The maximum Gasteiger partial charge on any atom is 0.0297 e. The Morgan fingerprint density at radius 1 is 1.10 bits per heavy atom. The molecule has 3 atom stereocenters. The number of rotatable bonds is 3. The van der Waals surface area contributed by atoms with Gasteiger partial charge in [-0.3, -0.25) is 0 Å². The monoisotopic (exact) mass is 273 g/mol. The number of hydrogen-bond acceptors (Lipinski definition) is 1. The highest BCUT2D eigenvalue weighted by Gasteiger charge is 2.34. The van der Waals surface area contributed by atoms with Gasteiger partial charge >= 0.3 is 0 Å². The molecule has 1 aliphatic carbocycles. The molecule has 0 radical (unpaired) electrons. The summed E-state index contributed by atoms with van der Waals surface area (Å²) in [6, 6.07) is 9.88. The van der Waals surface area contributed by atoms with Gasteiger partial charge in [0, 0.05) is 12.1 Å². The first kappa shape index (κ1) is 15.6. The molecular weight excluding hydrogens is 242 g/mol. The third-order valence-electron chi connectivity index (χ3n) is 5.00. The van der Waals surface area contributed by atoms with Crippen LogP contribution in [0.1, 0.15) is 70.5 Å². The molecule has 1 aliphatic rings. The van der Waals surface area contributed by atoms with E-state index in [0.717, 1.165) is 5.92 Å². The molecule has 0 bridgehead atoms. The van der Waals surface area contributed by atoms with E-state index in [-0.39, 0.29) is 0 Å². The van der Waals surface area contributed by atoms with Gasteiger partial charge in [-0.05, 0) is 49.1 Å². The molecule has 0 aromatic heterocycles. The standard InChI is InChI=1S/C19H31N/c1-14-10-6-7-11-16(14)15(2)20-18-13-9-8-12-17(18)19(3,4)5/h6-7,10-11,15,17-18,20H,8-9,12-13H2,1-5H3/t15-,17?,18?/m1/s1. The third kappa shape index (κ3) is 3.63. The Bertz CT molecular complexity index is 430. The zero-order chi connectivity index (χ0) is 14.8. The molecule has 0 spiro atoms. The molecule has 1 saturated carbocycles. The summed E-state index contributed by atoms with van der Waals surface area (Å²) in [5, 5.41) is 3.93. The Labute approximate surface area is 125 Å². The molecule has 0 amide bonds. The van der Waals surface area contributed by atoms with E-state index < -0.39 is 0 Å². The van der Waals surface area contributed by atoms with Crippen molar-refractivity contribution in [2.45, 2.75) is 72.4 Å². The molecule has 1 heteroatoms. The number of benzene rings is 1. The number of aryl methyl sites for hydroxylation is 1. The van der Waals surface area contributed by atoms with Gasteiger partial charge in [-0.15, -0.1) is 0 Å². The van der Waals surface area contributed by atoms with Gasteiger partial charge in [-0.25, -0.2) is 0 Å². The Kier molecular flexibility index (Phi) is 4.90. The van der Waals surface area contributed by atoms with Crippen LogP contribution in [0.5, 0.6) is 0 Å². The van der Waals surface area contributed by atoms with Crippen molar-refractivity contribution in [1.29, 1.82) is 0 Å². The average molecular weight is 273 g/mol. The largest absolute Gasteiger partial charge is 0.307 e. The minimum absolute atomic E-state index is 0.406. The lowest BCUT2D eigenvalue weighted by molar-refractivity contribution is 0.124. The van der Waals surface area contributed by atoms with Crippen LogP contribution in [0.25, 0.3) is 0 Å². The van der Waals surface area contributed by atoms with Crippen molar-refractivity contribution in [2.75, 3.05) is 0 Å². The zero-order valence-electron chi connectivity index (χ0n) is 13.9. The van der Waals surface area contributed by atoms with E-state index in [9.17, 15) is 0 Å². The van der Waals surface area contributed by atoms with Crippen LogP contribution in [0.15, 0.2) is 24.3 Å². The minimum Gasteiger partial charge on any atom is -0.307 e. The van der Waals surface area contributed by atoms with E-state index in [1.165, 1.54) is 36.8 Å². The fourth-order valence-electron chi connectivity index (χ4n) is 3.85. The topological polar surface area (TPSA) is 12.0 Å². The summed E-state index contributed by atoms with van der Waals surface area (Å²) >= 11 is 0. The molecule has 1 fully saturated rings. The lowest BCUT2D eigenvalue weighted by Gasteiger charge is -2.42. The van der Waals surface area contributed by atoms with Crippen molar-refractivity contribution >= 4 is 0 Å². The van der Waals surface area contributed by atoms with Crippen LogP contribution in [-0.4, -0.2) is 6.04 Å². The number of nitrogens with one attached hydrogen (secondary N) is 1. The predicted octanol–water partition coefficient (Wildman–Crippen LogP) is 5.25. The molecule has 112 valence electrons. The van der Waals surface area contributed by atoms with Crippen LogP contribution in [0.2, 0.25) is 0 Å². The molecule has 0 heterocycles. The van der Waals surface area contributed by atoms with Crippen LogP contribution in [0.3, 0.4) is 0 Å². The van der Waals surface area contributed by atoms with Crippen molar-refractivity contribution in [3.8, 4) is 0 Å². The van der Waals surface area contributed by atoms with Crippen molar-refractivity contribution < 1.29 is 0 Å². The SMILES string of the molecule is Cc1ccccc1[C@@H](C)NC1CCCCC1C(C)(C)C. The van der Waals surface area contributed by atoms with Gasteiger partial charge in [0.05, 0.1) is 0 Å². The molecule has 0 saturated heterocycles. The van der Waals surface area contributed by atoms with Gasteiger partial charge in [0.2, 0.25) is 0 Å². The van der Waals surface area contributed by atoms with E-state index in [4.69, 9.17) is 0 Å². The molecule has 1 aromatic rings. The quantitative estimate of drug-likeness (QED) is 0.793. The van der Waals surface area contributed by atoms with Crippen molar-refractivity contribution in [1.82, 2.24) is 5.32 Å². The third-order valence-corrected chi connectivity index (χ3v) is 5.00. The first-order valence-corrected chi connectivity index (χ1v) is 8.21. The predicted molar refractivity (Wildman–Crippen MR) is 87.9 cm³/mol. The summed E-state index contributed by atoms with van der Waals surface area (Å²) in [6.45, 7) is 11.7. The van der Waals surface area contributed by atoms with E-state index in [1.807, 2.05) is 0 Å². The summed E-state index contributed by atoms with van der Waals surface area (Å²) in [5.74, 6) is 0.794. The maximum absolute atomic E-state index is 3.93. The zero-order valence-corrected chi connectivity index (χ0v) is 13.9. The van der Waals surface area contributed by atoms with Gasteiger partial charge in [0.15, 0.2) is 0 Å². The highest BCUT2D eigenvalue weighted by atomic mass is 15.0. The molecule has 1 aromatic carbocycles. The second-order valence-corrected chi connectivity index (χ2v) is 7.61. The van der Waals surface area contributed by atoms with Crippen LogP contribution in [-0.2, 0) is 0 Å². The van der Waals surface area contributed by atoms with Crippen LogP contribution in [0.4, 0.5) is 0 Å². The van der Waals surface area contributed by atoms with Crippen LogP contribution < -0.4 is 5.32 Å². The van der Waals surface area contributed by atoms with Gasteiger partial charge in [0.1, 0.15) is 0 Å². The minimum atomic E-state index is 0.406. The second-order valence-electron chi connectivity index (χ2n) is 7.61. The second kappa shape index (κ2) is 6.30. The molecule has 20 heavy (non-hydrogen) atoms. The van der Waals surface area contributed by atoms with E-state index >= 15 is 0 Å². The van der Waals surface area contributed by atoms with Crippen LogP contribution in [0, 0.1) is 18.3 Å². The Hall–Kier alpha value is -0.820. The lowest BCUT2D eigenvalue weighted by atomic mass is 9.69. The summed E-state index contributed by atoms with van der Waals surface area (Å²) in [5.41, 5.74) is 3.25. The molecule has 1 N–H and O–H groups in total. The average Bonchev–Trinajstić information content (AvgIpc) is 2.38. The van der Waals surface area contributed by atoms with E-state index in [0.29, 0.717) is 17.5 Å². The van der Waals surface area contributed by atoms with E-state index in [1.54, 1.807) is 0 Å². The van der Waals surface area contributed by atoms with Gasteiger partial charge in [-0.2, -0.15) is 0 Å². The Morgan fingerprint density at radius 2 is 1.75 bits per heavy atom. The maximum atomic E-state index is 3.93. The summed E-state index contributed by atoms with van der Waals surface area (Å²) in [7, 11) is 0. The Balaban J connectivity index is 2.09. The Morgan fingerprint density at radius 3 is 2.40 bits per heavy atom. The van der Waals surface area contributed by atoms with Crippen LogP contribution >= 0.6 is 0 Å². The fraction of sp³-hybridized carbons (Fsp3) is 0.684. The highest BCUT2D eigenvalue weighted by Crippen LogP contribution is 2.38. The first-order chi connectivity index (χ1) is 9.39. The summed E-state index contributed by atoms with van der Waals surface area (Å²) in [4.78, 5) is 0. The summed E-state index contributed by atoms with van der Waals surface area (Å²) in [6.07, 6.45) is 5.49. The molecule has 2 rings (SSSR count). The van der Waals surface area contributed by atoms with Crippen molar-refractivity contribution in [3.63, 3.8) is 0 Å². The highest BCUT2D eigenvalue weighted by molar-refractivity contribution is 5.28. The first-order valence-electron chi connectivity index (χ1n) is 8.21. The van der Waals surface area contributed by atoms with Gasteiger partial charge < -0.3 is 5.32 Å². The molecular formula is C19H31N. The lowest BCUT2D eigenvalue weighted by Crippen LogP contribution is -2.45. The van der Waals surface area contributed by atoms with Gasteiger partial charge in [-0.1, -0.05) is 57.9 Å². The fourth-order valence-corrected chi connectivity index (χ4v) is 3.85. The van der Waals surface area contributed by atoms with Crippen molar-refractivity contribution in [2.24, 2.45) is 11.3 Å². The molecule has 2 unspecified atom stereocenters. The number of hydrogen-bond donors (Lipinski definition) is 1. The smallest absolute Gasteiger partial charge is 0.0297 e. The van der Waals surface area contributed by atoms with Crippen molar-refractivity contribution in [3.05, 3.63) is 35.4 Å². The van der Waals surface area contributed by atoms with E-state index in [2.05, 4.69) is 64.2 Å². The summed E-state index contributed by atoms with van der Waals surface area (Å²) < 4.78 is 0.